The fourth-order valence-electron chi connectivity index (χ4n) is 5.78. The number of amides is 1. The summed E-state index contributed by atoms with van der Waals surface area (Å²) in [7, 11) is 0. The third-order valence-electron chi connectivity index (χ3n) is 8.72. The number of carbonyl (C=O) groups is 2. The van der Waals surface area contributed by atoms with Gasteiger partial charge in [-0.05, 0) is 123 Å². The molecule has 0 bridgehead atoms. The molecule has 0 atom stereocenters. The van der Waals surface area contributed by atoms with Crippen molar-refractivity contribution in [1.29, 1.82) is 0 Å². The lowest BCUT2D eigenvalue weighted by Crippen LogP contribution is -2.38. The largest absolute Gasteiger partial charge is 0.478 e. The van der Waals surface area contributed by atoms with Crippen molar-refractivity contribution in [3.8, 4) is 0 Å². The van der Waals surface area contributed by atoms with E-state index in [0.717, 1.165) is 102 Å². The second kappa shape index (κ2) is 18.7. The summed E-state index contributed by atoms with van der Waals surface area (Å²) in [5, 5.41) is 28.1. The van der Waals surface area contributed by atoms with Crippen molar-refractivity contribution in [2.45, 2.75) is 64.2 Å². The standard InChI is InChI=1S/C18H21BrN4O.C9H9BrO2.C9H14N4/c1-2-12-11-14(3-4-15(12)19)18(24)23-9-7-13(8-10-23)16-5-6-17(20)22-21-16;1-2-6-5-7(9(11)12)3-4-8(6)10;10-9-2-1-8(12-13-9)7-3-5-11-6-4-7/h3-6,11,13H,2,7-10H2,1H3,(H2,20,22);3-5H,2H2,1H3,(H,11,12);1-2,7,11H,3-6H2,(H2,10,13). The molecule has 6 N–H and O–H groups in total. The fraction of sp³-hybridized carbons (Fsp3) is 0.389. The quantitative estimate of drug-likeness (QED) is 0.166. The second-order valence-corrected chi connectivity index (χ2v) is 13.7. The van der Waals surface area contributed by atoms with Crippen molar-refractivity contribution in [3.63, 3.8) is 0 Å². The van der Waals surface area contributed by atoms with Crippen LogP contribution in [0, 0.1) is 0 Å². The first-order valence-electron chi connectivity index (χ1n) is 16.6. The van der Waals surface area contributed by atoms with Crippen LogP contribution in [-0.4, -0.2) is 68.5 Å². The lowest BCUT2D eigenvalue weighted by atomic mass is 9.93. The van der Waals surface area contributed by atoms with Crippen molar-refractivity contribution < 1.29 is 14.7 Å². The smallest absolute Gasteiger partial charge is 0.335 e. The Morgan fingerprint density at radius 3 is 1.65 bits per heavy atom. The number of aryl methyl sites for hydroxylation is 2. The third kappa shape index (κ3) is 11.0. The molecule has 49 heavy (non-hydrogen) atoms. The van der Waals surface area contributed by atoms with Gasteiger partial charge in [0.25, 0.3) is 5.91 Å². The number of hydrogen-bond acceptors (Lipinski definition) is 9. The number of carboxylic acids is 1. The van der Waals surface area contributed by atoms with E-state index in [1.807, 2.05) is 48.2 Å². The van der Waals surface area contributed by atoms with E-state index in [-0.39, 0.29) is 5.91 Å². The van der Waals surface area contributed by atoms with Crippen LogP contribution in [0.3, 0.4) is 0 Å². The van der Waals surface area contributed by atoms with E-state index in [1.54, 1.807) is 24.3 Å². The average Bonchev–Trinajstić information content (AvgIpc) is 3.13. The number of rotatable bonds is 6. The van der Waals surface area contributed by atoms with Gasteiger partial charge in [-0.1, -0.05) is 45.7 Å². The number of nitrogens with zero attached hydrogens (tertiary/aromatic N) is 5. The molecule has 0 spiro atoms. The number of aromatic nitrogens is 4. The summed E-state index contributed by atoms with van der Waals surface area (Å²) >= 11 is 6.87. The van der Waals surface area contributed by atoms with Crippen LogP contribution < -0.4 is 16.8 Å². The summed E-state index contributed by atoms with van der Waals surface area (Å²) in [6, 6.07) is 18.4. The highest BCUT2D eigenvalue weighted by Gasteiger charge is 2.26. The molecular formula is C36H44Br2N8O3. The van der Waals surface area contributed by atoms with E-state index in [2.05, 4.69) is 64.5 Å². The van der Waals surface area contributed by atoms with Gasteiger partial charge in [0.1, 0.15) is 11.6 Å². The van der Waals surface area contributed by atoms with Crippen molar-refractivity contribution in [2.24, 2.45) is 0 Å². The SMILES string of the molecule is CCc1cc(C(=O)N2CCC(c3ccc(N)nn3)CC2)ccc1Br.CCc1cc(C(=O)O)ccc1Br.Nc1ccc(C2CCNCC2)nn1. The van der Waals surface area contributed by atoms with Gasteiger partial charge in [0, 0.05) is 39.4 Å². The third-order valence-corrected chi connectivity index (χ3v) is 10.3. The van der Waals surface area contributed by atoms with Crippen molar-refractivity contribution in [1.82, 2.24) is 30.6 Å². The Morgan fingerprint density at radius 2 is 1.20 bits per heavy atom. The first kappa shape index (κ1) is 37.9. The zero-order valence-corrected chi connectivity index (χ0v) is 31.1. The molecule has 13 heteroatoms. The summed E-state index contributed by atoms with van der Waals surface area (Å²) in [4.78, 5) is 25.2. The Kier molecular flexibility index (Phi) is 14.5. The molecule has 2 fully saturated rings. The maximum absolute atomic E-state index is 12.7. The number of halogens is 2. The molecule has 2 saturated heterocycles. The van der Waals surface area contributed by atoms with Crippen LogP contribution in [-0.2, 0) is 12.8 Å². The van der Waals surface area contributed by atoms with E-state index in [0.29, 0.717) is 29.0 Å². The topological polar surface area (TPSA) is 173 Å². The van der Waals surface area contributed by atoms with E-state index >= 15 is 0 Å². The number of nitrogens with one attached hydrogen (secondary N) is 1. The lowest BCUT2D eigenvalue weighted by molar-refractivity contribution is 0.0692. The first-order valence-corrected chi connectivity index (χ1v) is 18.2. The van der Waals surface area contributed by atoms with E-state index in [9.17, 15) is 9.59 Å². The van der Waals surface area contributed by atoms with E-state index < -0.39 is 5.97 Å². The van der Waals surface area contributed by atoms with Gasteiger partial charge in [-0.25, -0.2) is 4.79 Å². The van der Waals surface area contributed by atoms with Gasteiger partial charge in [-0.3, -0.25) is 4.79 Å². The summed E-state index contributed by atoms with van der Waals surface area (Å²) in [5.41, 5.74) is 16.4. The monoisotopic (exact) mass is 794 g/mol. The molecule has 4 heterocycles. The molecule has 1 amide bonds. The van der Waals surface area contributed by atoms with Crippen LogP contribution in [0.1, 0.15) is 94.6 Å². The summed E-state index contributed by atoms with van der Waals surface area (Å²) in [6.07, 6.45) is 5.85. The second-order valence-electron chi connectivity index (χ2n) is 12.0. The summed E-state index contributed by atoms with van der Waals surface area (Å²) in [5.74, 6) is 1.08. The van der Waals surface area contributed by atoms with Gasteiger partial charge < -0.3 is 26.8 Å². The maximum atomic E-state index is 12.7. The predicted octanol–water partition coefficient (Wildman–Crippen LogP) is 6.64. The minimum absolute atomic E-state index is 0.110. The fourth-order valence-corrected chi connectivity index (χ4v) is 6.83. The zero-order chi connectivity index (χ0) is 35.3. The number of aromatic carboxylic acids is 1. The molecule has 6 rings (SSSR count). The Bertz CT molecular complexity index is 1680. The van der Waals surface area contributed by atoms with Crippen LogP contribution in [0.15, 0.2) is 69.6 Å². The molecule has 260 valence electrons. The molecule has 2 aliphatic heterocycles. The maximum Gasteiger partial charge on any atom is 0.335 e. The Hall–Kier alpha value is -3.94. The molecule has 4 aromatic rings. The minimum Gasteiger partial charge on any atom is -0.478 e. The minimum atomic E-state index is -0.878. The Labute approximate surface area is 304 Å². The molecule has 2 aromatic heterocycles. The van der Waals surface area contributed by atoms with Gasteiger partial charge in [0.05, 0.1) is 17.0 Å². The zero-order valence-electron chi connectivity index (χ0n) is 27.9. The highest BCUT2D eigenvalue weighted by molar-refractivity contribution is 9.10. The highest BCUT2D eigenvalue weighted by atomic mass is 79.9. The van der Waals surface area contributed by atoms with Crippen LogP contribution in [0.5, 0.6) is 0 Å². The van der Waals surface area contributed by atoms with Crippen LogP contribution in [0.25, 0.3) is 0 Å². The van der Waals surface area contributed by atoms with Gasteiger partial charge in [0.2, 0.25) is 0 Å². The number of benzene rings is 2. The summed E-state index contributed by atoms with van der Waals surface area (Å²) < 4.78 is 2.03. The number of nitrogen functional groups attached to an aromatic ring is 2. The molecule has 0 saturated carbocycles. The average molecular weight is 797 g/mol. The predicted molar refractivity (Wildman–Crippen MR) is 200 cm³/mol. The number of likely N-dealkylation sites (tertiary alicyclic amines) is 1. The molecule has 0 unspecified atom stereocenters. The number of hydrogen-bond donors (Lipinski definition) is 4. The van der Waals surface area contributed by atoms with Crippen LogP contribution in [0.4, 0.5) is 11.6 Å². The summed E-state index contributed by atoms with van der Waals surface area (Å²) in [6.45, 7) is 7.73. The number of carboxylic acid groups (broad SMARTS) is 1. The van der Waals surface area contributed by atoms with Gasteiger partial charge in [-0.15, -0.1) is 10.2 Å². The lowest BCUT2D eigenvalue weighted by Gasteiger charge is -2.31. The molecule has 0 radical (unpaired) electrons. The number of anilines is 2. The Morgan fingerprint density at radius 1 is 0.735 bits per heavy atom. The number of piperidine rings is 2. The molecule has 0 aliphatic carbocycles. The molecule has 2 aromatic carbocycles. The molecule has 11 nitrogen and oxygen atoms in total. The molecule has 2 aliphatic rings. The van der Waals surface area contributed by atoms with Crippen LogP contribution in [0.2, 0.25) is 0 Å². The van der Waals surface area contributed by atoms with Crippen LogP contribution >= 0.6 is 31.9 Å². The van der Waals surface area contributed by atoms with Gasteiger partial charge >= 0.3 is 5.97 Å². The first-order chi connectivity index (χ1) is 23.6. The van der Waals surface area contributed by atoms with Gasteiger partial charge in [-0.2, -0.15) is 10.2 Å². The van der Waals surface area contributed by atoms with E-state index in [4.69, 9.17) is 16.6 Å². The number of carbonyl (C=O) groups excluding carboxylic acids is 1. The highest BCUT2D eigenvalue weighted by Crippen LogP contribution is 2.28. The van der Waals surface area contributed by atoms with Crippen molar-refractivity contribution in [3.05, 3.63) is 103 Å². The van der Waals surface area contributed by atoms with Gasteiger partial charge in [0.15, 0.2) is 0 Å². The molecular weight excluding hydrogens is 752 g/mol. The normalized spacial score (nSPS) is 15.0. The van der Waals surface area contributed by atoms with Crippen molar-refractivity contribution >= 4 is 55.4 Å². The number of nitrogens with two attached hydrogens (primary N) is 2. The van der Waals surface area contributed by atoms with Crippen molar-refractivity contribution in [2.75, 3.05) is 37.6 Å². The Balaban J connectivity index is 0.000000182. The van der Waals surface area contributed by atoms with E-state index in [1.165, 1.54) is 0 Å².